The Balaban J connectivity index is 0.00000220. The predicted molar refractivity (Wildman–Crippen MR) is 263 cm³/mol. The number of aliphatic hydroxyl groups is 3. The highest BCUT2D eigenvalue weighted by Crippen LogP contribution is 2.67. The molecule has 12 atom stereocenters. The number of hydrogen-bond acceptors (Lipinski definition) is 14. The first kappa shape index (κ1) is 52.5. The van der Waals surface area contributed by atoms with Crippen LogP contribution in [0.1, 0.15) is 107 Å². The third-order valence-corrected chi connectivity index (χ3v) is 17.8. The molecule has 5 heterocycles. The highest BCUT2D eigenvalue weighted by Gasteiger charge is 2.78. The second-order valence-electron chi connectivity index (χ2n) is 21.3. The molecule has 71 heavy (non-hydrogen) atoms. The third-order valence-electron chi connectivity index (χ3n) is 17.5. The Labute approximate surface area is 416 Å². The summed E-state index contributed by atoms with van der Waals surface area (Å²) in [6.07, 6.45) is 7.39. The maximum atomic E-state index is 14.9. The van der Waals surface area contributed by atoms with Gasteiger partial charge in [0, 0.05) is 67.6 Å². The summed E-state index contributed by atoms with van der Waals surface area (Å²) in [5.74, 6) is -2.78. The number of anilines is 1. The maximum Gasteiger partial charge on any atom is 0.373 e. The van der Waals surface area contributed by atoms with Crippen molar-refractivity contribution in [2.24, 2.45) is 11.3 Å². The van der Waals surface area contributed by atoms with E-state index < -0.39 is 78.5 Å². The van der Waals surface area contributed by atoms with Crippen LogP contribution in [0.25, 0.3) is 5.57 Å². The fourth-order valence-corrected chi connectivity index (χ4v) is 14.8. The summed E-state index contributed by atoms with van der Waals surface area (Å²) in [6.45, 7) is 13.6. The summed E-state index contributed by atoms with van der Waals surface area (Å²) < 4.78 is 21.9. The molecule has 2 aliphatic carbocycles. The van der Waals surface area contributed by atoms with Crippen LogP contribution in [0.3, 0.4) is 0 Å². The number of esters is 1. The van der Waals surface area contributed by atoms with E-state index in [0.29, 0.717) is 32.4 Å². The monoisotopic (exact) mass is 1000 g/mol. The Morgan fingerprint density at radius 1 is 1.03 bits per heavy atom. The van der Waals surface area contributed by atoms with Crippen LogP contribution in [-0.2, 0) is 55.3 Å². The number of carbonyl (C=O) groups excluding carboxylic acids is 6. The minimum absolute atomic E-state index is 0.176. The van der Waals surface area contributed by atoms with Crippen LogP contribution in [0, 0.1) is 18.3 Å². The zero-order chi connectivity index (χ0) is 51.3. The molecular weight excluding hydrogens is 933 g/mol. The zero-order valence-electron chi connectivity index (χ0n) is 41.6. The second kappa shape index (κ2) is 20.2. The van der Waals surface area contributed by atoms with E-state index in [2.05, 4.69) is 88.2 Å². The Bertz CT molecular complexity index is 2540. The van der Waals surface area contributed by atoms with Gasteiger partial charge in [0.15, 0.2) is 5.60 Å². The van der Waals surface area contributed by atoms with Gasteiger partial charge in [0.05, 0.1) is 24.6 Å². The molecule has 16 nitrogen and oxygen atoms in total. The number of rotatable bonds is 13. The van der Waals surface area contributed by atoms with Gasteiger partial charge in [0.25, 0.3) is 15.0 Å². The number of likely N-dealkylation sites (N-methyl/N-ethyl adjacent to an activating group) is 1. The molecule has 9 rings (SSSR count). The highest BCUT2D eigenvalue weighted by atomic mass is 31.1. The van der Waals surface area contributed by atoms with E-state index in [1.54, 1.807) is 0 Å². The van der Waals surface area contributed by atoms with Crippen LogP contribution < -0.4 is 15.5 Å². The van der Waals surface area contributed by atoms with Gasteiger partial charge in [-0.2, -0.15) is 13.8 Å². The molecule has 0 aromatic heterocycles. The van der Waals surface area contributed by atoms with Crippen molar-refractivity contribution in [1.82, 2.24) is 20.4 Å². The molecule has 2 aromatic rings. The van der Waals surface area contributed by atoms with Crippen molar-refractivity contribution in [2.45, 2.75) is 139 Å². The maximum absolute atomic E-state index is 14.9. The fourth-order valence-electron chi connectivity index (χ4n) is 14.7. The molecule has 7 aliphatic rings. The third kappa shape index (κ3) is 8.76. The number of nitrogens with one attached hydrogen (secondary N) is 2. The predicted octanol–water partition coefficient (Wildman–Crippen LogP) is 4.10. The van der Waals surface area contributed by atoms with Gasteiger partial charge in [0.1, 0.15) is 18.8 Å². The van der Waals surface area contributed by atoms with Gasteiger partial charge in [-0.15, -0.1) is 0 Å². The number of ether oxygens (including phenoxy) is 1. The average molecular weight is 1000 g/mol. The average Bonchev–Trinajstić information content (AvgIpc) is 4.00. The lowest BCUT2D eigenvalue weighted by Crippen LogP contribution is -2.81. The number of carbonyl (C=O) groups is 4. The zero-order valence-corrected chi connectivity index (χ0v) is 42.6. The lowest BCUT2D eigenvalue weighted by Gasteiger charge is -2.63. The smallest absolute Gasteiger partial charge is 0.373 e. The van der Waals surface area contributed by atoms with Crippen molar-refractivity contribution in [2.75, 3.05) is 57.8 Å². The van der Waals surface area contributed by atoms with Crippen LogP contribution in [0.4, 0.5) is 9.88 Å². The van der Waals surface area contributed by atoms with Gasteiger partial charge in [-0.1, -0.05) is 68.8 Å². The molecule has 0 radical (unpaired) electrons. The van der Waals surface area contributed by atoms with Gasteiger partial charge >= 0.3 is 18.1 Å². The van der Waals surface area contributed by atoms with Crippen molar-refractivity contribution in [3.63, 3.8) is 0 Å². The lowest BCUT2D eigenvalue weighted by atomic mass is 9.47. The molecule has 384 valence electrons. The number of nitrogens with zero attached hydrogens (tertiary/aromatic N) is 3. The minimum Gasteiger partial charge on any atom is -0.462 e. The molecule has 3 fully saturated rings. The first-order chi connectivity index (χ1) is 33.8. The Kier molecular flexibility index (Phi) is 14.9. The van der Waals surface area contributed by atoms with Crippen molar-refractivity contribution >= 4 is 50.3 Å². The van der Waals surface area contributed by atoms with E-state index in [4.69, 9.17) is 14.3 Å². The molecule has 5 aliphatic heterocycles. The SMILES string of the molecule is CCC1(O)CC2CN(CCC3=C(Cc4ccccc43)[C@](C)(c3cc4c(cc3C)N(C)C3[C@@]45CCN4CC=C[C@@](CC)(C45)[C@H](O)[C@@]3(O)C(=O)NCCOC(=O)C(C)NC(=O)CCC(=O)OPF)C2)C1.O=C=O. The van der Waals surface area contributed by atoms with E-state index in [9.17, 15) is 38.7 Å². The number of piperidine rings is 1. The molecule has 2 aromatic carbocycles. The summed E-state index contributed by atoms with van der Waals surface area (Å²) in [4.78, 5) is 74.8. The van der Waals surface area contributed by atoms with Crippen molar-refractivity contribution in [1.29, 1.82) is 0 Å². The molecule has 1 spiro atoms. The first-order valence-corrected chi connectivity index (χ1v) is 25.9. The van der Waals surface area contributed by atoms with E-state index in [0.717, 1.165) is 62.1 Å². The second-order valence-corrected chi connectivity index (χ2v) is 21.6. The molecule has 5 N–H and O–H groups in total. The van der Waals surface area contributed by atoms with Crippen LogP contribution in [0.15, 0.2) is 54.1 Å². The number of allylic oxidation sites excluding steroid dienone is 1. The van der Waals surface area contributed by atoms with Gasteiger partial charge in [-0.25, -0.2) is 4.79 Å². The van der Waals surface area contributed by atoms with Crippen LogP contribution in [0.2, 0.25) is 0 Å². The number of amides is 2. The van der Waals surface area contributed by atoms with E-state index in [-0.39, 0.29) is 44.1 Å². The standard InChI is InChI=1S/C52H69FN5O9P.CO2/c1-7-49(64)28-33-27-48(5,38-25-34-12-9-10-13-35(34)36(38)16-21-57(29-33)30-49)37-26-39-40(24-31(37)3)56(6)45-51(39)18-22-58-20-11-17-50(8-2,44(51)58)46(62)52(45,65)47(63)54-19-23-66-43(61)32(4)55-41(59)14-15-42(60)67-68-53;2-1-3/h9-13,17,24,26,32-33,44-46,62,64-65,68H,7-8,14-16,18-23,25,27-30H2,1-6H3,(H,54,63)(H,55,59);/t32?,33?,44?,45?,46-,48-,49?,50-,51-,52+;/m0./s1. The number of benzene rings is 2. The van der Waals surface area contributed by atoms with Crippen molar-refractivity contribution in [3.8, 4) is 0 Å². The first-order valence-electron chi connectivity index (χ1n) is 25.1. The number of halogens is 1. The summed E-state index contributed by atoms with van der Waals surface area (Å²) in [5, 5.41) is 43.5. The molecule has 7 unspecified atom stereocenters. The van der Waals surface area contributed by atoms with E-state index >= 15 is 0 Å². The summed E-state index contributed by atoms with van der Waals surface area (Å²) >= 11 is 0. The van der Waals surface area contributed by atoms with Gasteiger partial charge < -0.3 is 40.1 Å². The Morgan fingerprint density at radius 3 is 2.49 bits per heavy atom. The van der Waals surface area contributed by atoms with E-state index in [1.807, 2.05) is 24.9 Å². The number of fused-ring (bicyclic) bond motifs is 5. The van der Waals surface area contributed by atoms with Gasteiger partial charge in [-0.3, -0.25) is 24.2 Å². The molecule has 2 amide bonds. The quantitative estimate of drug-likeness (QED) is 0.0828. The summed E-state index contributed by atoms with van der Waals surface area (Å²) in [5.41, 5.74) is 4.63. The largest absolute Gasteiger partial charge is 0.462 e. The summed E-state index contributed by atoms with van der Waals surface area (Å²) in [6, 6.07) is 11.3. The van der Waals surface area contributed by atoms with Gasteiger partial charge in [0.2, 0.25) is 5.91 Å². The van der Waals surface area contributed by atoms with Crippen LogP contribution in [0.5, 0.6) is 0 Å². The molecular formula is C53H69FN5O11P. The van der Waals surface area contributed by atoms with E-state index in [1.165, 1.54) is 34.8 Å². The topological polar surface area (TPSA) is 215 Å². The molecule has 1 saturated carbocycles. The molecule has 2 bridgehead atoms. The van der Waals surface area contributed by atoms with Crippen LogP contribution >= 0.6 is 9.12 Å². The number of aliphatic hydroxyl groups excluding tert-OH is 1. The number of hydrogen-bond donors (Lipinski definition) is 5. The van der Waals surface area contributed by atoms with Crippen molar-refractivity contribution in [3.05, 3.63) is 81.9 Å². The fraction of sp³-hybridized carbons (Fsp3) is 0.604. The Hall–Kier alpha value is -4.86. The highest BCUT2D eigenvalue weighted by molar-refractivity contribution is 7.26. The lowest BCUT2D eigenvalue weighted by molar-refractivity contribution is -0.203. The molecule has 2 saturated heterocycles. The minimum atomic E-state index is -2.32. The molecule has 18 heteroatoms. The normalized spacial score (nSPS) is 33.7. The summed E-state index contributed by atoms with van der Waals surface area (Å²) in [7, 11) is 0.413. The van der Waals surface area contributed by atoms with Gasteiger partial charge in [-0.05, 0) is 111 Å². The van der Waals surface area contributed by atoms with Crippen molar-refractivity contribution < 1.29 is 57.5 Å². The number of aryl methyl sites for hydroxylation is 1. The van der Waals surface area contributed by atoms with Crippen LogP contribution in [-0.4, -0.2) is 143 Å². The Morgan fingerprint density at radius 2 is 1.77 bits per heavy atom.